The molecule has 1 aliphatic rings. The zero-order valence-electron chi connectivity index (χ0n) is 17.7. The summed E-state index contributed by atoms with van der Waals surface area (Å²) in [4.78, 5) is 31.3. The fourth-order valence-corrected chi connectivity index (χ4v) is 4.24. The summed E-state index contributed by atoms with van der Waals surface area (Å²) in [6.45, 7) is 0. The minimum atomic E-state index is -3.99. The van der Waals surface area contributed by atoms with Gasteiger partial charge in [-0.2, -0.15) is 0 Å². The number of hydrogen-bond acceptors (Lipinski definition) is 7. The number of aliphatic hydroxyl groups is 1. The predicted molar refractivity (Wildman–Crippen MR) is 120 cm³/mol. The van der Waals surface area contributed by atoms with Gasteiger partial charge in [0.15, 0.2) is 0 Å². The Labute approximate surface area is 194 Å². The average Bonchev–Trinajstić information content (AvgIpc) is 3.09. The van der Waals surface area contributed by atoms with E-state index in [0.29, 0.717) is 0 Å². The van der Waals surface area contributed by atoms with E-state index in [1.54, 1.807) is 18.2 Å². The number of sulfonamides is 1. The number of benzene rings is 2. The van der Waals surface area contributed by atoms with E-state index < -0.39 is 39.3 Å². The molecule has 0 radical (unpaired) electrons. The molecule has 1 amide bonds. The minimum Gasteiger partial charge on any atom is -0.507 e. The topological polar surface area (TPSA) is 140 Å². The Bertz CT molecular complexity index is 1420. The molecule has 34 heavy (non-hydrogen) atoms. The summed E-state index contributed by atoms with van der Waals surface area (Å²) in [7, 11) is -2.68. The normalized spacial score (nSPS) is 17.7. The van der Waals surface area contributed by atoms with Crippen molar-refractivity contribution < 1.29 is 32.2 Å². The smallest absolute Gasteiger partial charge is 0.300 e. The van der Waals surface area contributed by atoms with Gasteiger partial charge in [0.05, 0.1) is 28.8 Å². The van der Waals surface area contributed by atoms with Gasteiger partial charge in [-0.15, -0.1) is 0 Å². The van der Waals surface area contributed by atoms with E-state index >= 15 is 0 Å². The summed E-state index contributed by atoms with van der Waals surface area (Å²) < 4.78 is 42.4. The largest absolute Gasteiger partial charge is 0.507 e. The molecule has 4 rings (SSSR count). The zero-order valence-corrected chi connectivity index (χ0v) is 18.5. The van der Waals surface area contributed by atoms with Gasteiger partial charge in [-0.3, -0.25) is 19.5 Å². The molecule has 1 aliphatic heterocycles. The van der Waals surface area contributed by atoms with E-state index in [9.17, 15) is 27.5 Å². The number of ketones is 1. The minimum absolute atomic E-state index is 0.0855. The number of aliphatic hydroxyl groups excluding tert-OH is 1. The number of halogens is 1. The number of amides is 1. The van der Waals surface area contributed by atoms with E-state index in [0.717, 1.165) is 17.0 Å². The van der Waals surface area contributed by atoms with Gasteiger partial charge in [-0.25, -0.2) is 17.9 Å². The second-order valence-corrected chi connectivity index (χ2v) is 8.87. The van der Waals surface area contributed by atoms with Crippen LogP contribution in [0.15, 0.2) is 77.3 Å². The third-order valence-corrected chi connectivity index (χ3v) is 6.20. The first kappa shape index (κ1) is 23.1. The first-order valence-corrected chi connectivity index (χ1v) is 11.4. The quantitative estimate of drug-likeness (QED) is 0.323. The molecule has 0 spiro atoms. The monoisotopic (exact) mass is 483 g/mol. The summed E-state index contributed by atoms with van der Waals surface area (Å²) in [6.07, 6.45) is 1.45. The molecule has 3 N–H and O–H groups in total. The number of Topliss-reactive ketones (excluding diaryl/α,β-unsaturated/α-hetero) is 1. The van der Waals surface area contributed by atoms with Crippen LogP contribution < -0.4 is 14.8 Å². The van der Waals surface area contributed by atoms with Crippen LogP contribution in [0.25, 0.3) is 5.76 Å². The van der Waals surface area contributed by atoms with Gasteiger partial charge in [0.2, 0.25) is 10.0 Å². The molecule has 0 aliphatic carbocycles. The molecule has 9 nitrogen and oxygen atoms in total. The molecule has 2 aromatic carbocycles. The van der Waals surface area contributed by atoms with Crippen molar-refractivity contribution in [2.75, 3.05) is 12.0 Å². The van der Waals surface area contributed by atoms with Gasteiger partial charge in [0.25, 0.3) is 11.7 Å². The van der Waals surface area contributed by atoms with Gasteiger partial charge >= 0.3 is 0 Å². The van der Waals surface area contributed by atoms with Crippen LogP contribution in [0.5, 0.6) is 5.75 Å². The molecule has 0 saturated carbocycles. The van der Waals surface area contributed by atoms with Gasteiger partial charge < -0.3 is 9.84 Å². The van der Waals surface area contributed by atoms with Crippen LogP contribution in [0.3, 0.4) is 0 Å². The maximum atomic E-state index is 14.0. The lowest BCUT2D eigenvalue weighted by Crippen LogP contribution is -2.29. The maximum Gasteiger partial charge on any atom is 0.300 e. The van der Waals surface area contributed by atoms with Crippen molar-refractivity contribution >= 4 is 33.2 Å². The molecule has 11 heteroatoms. The summed E-state index contributed by atoms with van der Waals surface area (Å²) in [6, 6.07) is 12.0. The van der Waals surface area contributed by atoms with Crippen LogP contribution >= 0.6 is 0 Å². The summed E-state index contributed by atoms with van der Waals surface area (Å²) >= 11 is 0. The van der Waals surface area contributed by atoms with Gasteiger partial charge in [0.1, 0.15) is 23.4 Å². The number of carbonyl (C=O) groups excluding carboxylic acids is 2. The Kier molecular flexibility index (Phi) is 5.90. The Hall–Kier alpha value is -4.09. The third-order valence-electron chi connectivity index (χ3n) is 5.27. The van der Waals surface area contributed by atoms with E-state index in [-0.39, 0.29) is 33.2 Å². The van der Waals surface area contributed by atoms with Crippen LogP contribution in [-0.2, 0) is 19.6 Å². The number of ether oxygens (including phenoxy) is 1. The number of carbonyl (C=O) groups is 2. The van der Waals surface area contributed by atoms with Crippen molar-refractivity contribution in [2.45, 2.75) is 10.9 Å². The van der Waals surface area contributed by atoms with Gasteiger partial charge in [-0.1, -0.05) is 6.07 Å². The highest BCUT2D eigenvalue weighted by atomic mass is 32.2. The van der Waals surface area contributed by atoms with Crippen molar-refractivity contribution in [1.29, 1.82) is 0 Å². The highest BCUT2D eigenvalue weighted by molar-refractivity contribution is 7.89. The first-order chi connectivity index (χ1) is 16.1. The number of methoxy groups -OCH3 is 1. The molecule has 1 fully saturated rings. The molecule has 0 bridgehead atoms. The molecule has 3 aromatic rings. The summed E-state index contributed by atoms with van der Waals surface area (Å²) in [5.74, 6) is -3.27. The number of pyridine rings is 1. The highest BCUT2D eigenvalue weighted by Crippen LogP contribution is 2.42. The van der Waals surface area contributed by atoms with Crippen LogP contribution in [0.4, 0.5) is 10.1 Å². The number of nitrogens with two attached hydrogens (primary N) is 1. The number of hydrogen-bond donors (Lipinski definition) is 2. The van der Waals surface area contributed by atoms with Crippen LogP contribution in [-0.4, -0.2) is 37.3 Å². The molecule has 1 aromatic heterocycles. The van der Waals surface area contributed by atoms with E-state index in [1.165, 1.54) is 43.6 Å². The predicted octanol–water partition coefficient (Wildman–Crippen LogP) is 2.50. The first-order valence-electron chi connectivity index (χ1n) is 9.82. The van der Waals surface area contributed by atoms with Crippen molar-refractivity contribution in [1.82, 2.24) is 4.98 Å². The van der Waals surface area contributed by atoms with Crippen LogP contribution in [0, 0.1) is 5.82 Å². The molecule has 1 atom stereocenters. The second kappa shape index (κ2) is 8.69. The van der Waals surface area contributed by atoms with Crippen molar-refractivity contribution in [2.24, 2.45) is 5.14 Å². The van der Waals surface area contributed by atoms with E-state index in [2.05, 4.69) is 4.98 Å². The number of aromatic nitrogens is 1. The highest BCUT2D eigenvalue weighted by Gasteiger charge is 2.48. The molecule has 1 unspecified atom stereocenters. The Balaban J connectivity index is 1.95. The number of nitrogens with zero attached hydrogens (tertiary/aromatic N) is 2. The lowest BCUT2D eigenvalue weighted by molar-refractivity contribution is -0.132. The Morgan fingerprint density at radius 1 is 1.12 bits per heavy atom. The summed E-state index contributed by atoms with van der Waals surface area (Å²) in [5.41, 5.74) is -0.0429. The standard InChI is InChI=1S/C23H18FN3O6S/c1-33-18-10-5-13(24)12-16(18)21(28)19-20(17-4-2-3-11-26-17)27(23(30)22(19)29)14-6-8-15(9-7-14)34(25,31)32/h2-12,20,28H,1H3,(H2,25,31,32)/b21-19+. The zero-order chi connectivity index (χ0) is 24.6. The summed E-state index contributed by atoms with van der Waals surface area (Å²) in [5, 5.41) is 16.2. The van der Waals surface area contributed by atoms with Crippen LogP contribution in [0.2, 0.25) is 0 Å². The van der Waals surface area contributed by atoms with Gasteiger partial charge in [0, 0.05) is 11.9 Å². The number of rotatable bonds is 5. The second-order valence-electron chi connectivity index (χ2n) is 7.31. The lowest BCUT2D eigenvalue weighted by atomic mass is 9.97. The van der Waals surface area contributed by atoms with Gasteiger partial charge in [-0.05, 0) is 54.6 Å². The van der Waals surface area contributed by atoms with E-state index in [1.807, 2.05) is 0 Å². The van der Waals surface area contributed by atoms with Crippen molar-refractivity contribution in [3.8, 4) is 5.75 Å². The molecule has 1 saturated heterocycles. The maximum absolute atomic E-state index is 14.0. The molecular weight excluding hydrogens is 465 g/mol. The van der Waals surface area contributed by atoms with Crippen molar-refractivity contribution in [3.05, 3.63) is 89.5 Å². The third kappa shape index (κ3) is 4.02. The molecular formula is C23H18FN3O6S. The SMILES string of the molecule is COc1ccc(F)cc1/C(O)=C1\C(=O)C(=O)N(c2ccc(S(N)(=O)=O)cc2)C1c1ccccn1. The number of anilines is 1. The van der Waals surface area contributed by atoms with E-state index in [4.69, 9.17) is 9.88 Å². The fraction of sp³-hybridized carbons (Fsp3) is 0.0870. The number of primary sulfonamides is 1. The average molecular weight is 483 g/mol. The molecule has 2 heterocycles. The Morgan fingerprint density at radius 2 is 1.82 bits per heavy atom. The van der Waals surface area contributed by atoms with Crippen LogP contribution in [0.1, 0.15) is 17.3 Å². The van der Waals surface area contributed by atoms with Crippen molar-refractivity contribution in [3.63, 3.8) is 0 Å². The fourth-order valence-electron chi connectivity index (χ4n) is 3.72. The Morgan fingerprint density at radius 3 is 2.41 bits per heavy atom. The lowest BCUT2D eigenvalue weighted by Gasteiger charge is -2.24. The molecule has 174 valence electrons.